The zero-order valence-electron chi connectivity index (χ0n) is 11.4. The number of allylic oxidation sites excluding steroid dienone is 1. The minimum Gasteiger partial charge on any atom is -0.371 e. The van der Waals surface area contributed by atoms with E-state index in [2.05, 4.69) is 0 Å². The SMILES string of the molecule is CC1=CC(C)C(C(=O)CCC=O)CC1C(O)OCO. The second kappa shape index (κ2) is 7.53. The van der Waals surface area contributed by atoms with Crippen molar-refractivity contribution >= 4 is 12.1 Å². The molecule has 0 bridgehead atoms. The molecule has 0 fully saturated rings. The first-order valence-electron chi connectivity index (χ1n) is 6.56. The third kappa shape index (κ3) is 4.23. The van der Waals surface area contributed by atoms with Crippen LogP contribution >= 0.6 is 0 Å². The Bertz CT molecular complexity index is 350. The highest BCUT2D eigenvalue weighted by Crippen LogP contribution is 2.36. The summed E-state index contributed by atoms with van der Waals surface area (Å²) in [5, 5.41) is 18.5. The van der Waals surface area contributed by atoms with Gasteiger partial charge in [0, 0.05) is 24.7 Å². The maximum Gasteiger partial charge on any atom is 0.163 e. The van der Waals surface area contributed by atoms with Crippen LogP contribution in [0.25, 0.3) is 0 Å². The van der Waals surface area contributed by atoms with E-state index < -0.39 is 13.1 Å². The second-order valence-corrected chi connectivity index (χ2v) is 5.08. The Morgan fingerprint density at radius 2 is 2.32 bits per heavy atom. The standard InChI is InChI=1S/C14H22O5/c1-9-6-10(2)12(14(18)19-8-16)7-11(9)13(17)4-3-5-15/h5-6,9,11-12,14,16,18H,3-4,7-8H2,1-2H3. The van der Waals surface area contributed by atoms with Crippen LogP contribution in [0.3, 0.4) is 0 Å². The normalized spacial score (nSPS) is 28.6. The average molecular weight is 270 g/mol. The first-order valence-corrected chi connectivity index (χ1v) is 6.56. The van der Waals surface area contributed by atoms with E-state index >= 15 is 0 Å². The molecule has 0 aromatic heterocycles. The van der Waals surface area contributed by atoms with E-state index in [0.29, 0.717) is 6.42 Å². The van der Waals surface area contributed by atoms with Crippen LogP contribution in [0.5, 0.6) is 0 Å². The molecule has 19 heavy (non-hydrogen) atoms. The fourth-order valence-corrected chi connectivity index (χ4v) is 2.67. The Morgan fingerprint density at radius 1 is 1.63 bits per heavy atom. The summed E-state index contributed by atoms with van der Waals surface area (Å²) in [7, 11) is 0. The second-order valence-electron chi connectivity index (χ2n) is 5.08. The van der Waals surface area contributed by atoms with Crippen molar-refractivity contribution in [2.75, 3.05) is 6.79 Å². The van der Waals surface area contributed by atoms with Crippen molar-refractivity contribution in [2.24, 2.45) is 17.8 Å². The van der Waals surface area contributed by atoms with Gasteiger partial charge in [0.15, 0.2) is 6.29 Å². The van der Waals surface area contributed by atoms with Gasteiger partial charge in [-0.1, -0.05) is 18.6 Å². The van der Waals surface area contributed by atoms with Crippen LogP contribution in [-0.4, -0.2) is 35.4 Å². The van der Waals surface area contributed by atoms with Crippen molar-refractivity contribution < 1.29 is 24.5 Å². The van der Waals surface area contributed by atoms with Gasteiger partial charge in [0.2, 0.25) is 0 Å². The molecule has 1 aliphatic carbocycles. The van der Waals surface area contributed by atoms with E-state index in [-0.39, 0.29) is 36.4 Å². The number of rotatable bonds is 7. The summed E-state index contributed by atoms with van der Waals surface area (Å²) in [6, 6.07) is 0. The number of Topliss-reactive ketones (excluding diaryl/α,β-unsaturated/α-hetero) is 1. The summed E-state index contributed by atoms with van der Waals surface area (Å²) in [6.45, 7) is 3.30. The Kier molecular flexibility index (Phi) is 6.34. The van der Waals surface area contributed by atoms with Crippen LogP contribution < -0.4 is 0 Å². The number of hydrogen-bond donors (Lipinski definition) is 2. The number of ether oxygens (including phenoxy) is 1. The zero-order chi connectivity index (χ0) is 14.4. The molecule has 0 heterocycles. The van der Waals surface area contributed by atoms with Crippen LogP contribution in [0.15, 0.2) is 11.6 Å². The molecule has 0 amide bonds. The van der Waals surface area contributed by atoms with Crippen LogP contribution in [0.4, 0.5) is 0 Å². The van der Waals surface area contributed by atoms with E-state index in [0.717, 1.165) is 11.9 Å². The number of carbonyl (C=O) groups excluding carboxylic acids is 2. The largest absolute Gasteiger partial charge is 0.371 e. The number of carbonyl (C=O) groups is 2. The zero-order valence-corrected chi connectivity index (χ0v) is 11.4. The van der Waals surface area contributed by atoms with Gasteiger partial charge in [0.25, 0.3) is 0 Å². The minimum absolute atomic E-state index is 0.0459. The summed E-state index contributed by atoms with van der Waals surface area (Å²) in [5.74, 6) is -0.347. The quantitative estimate of drug-likeness (QED) is 0.410. The summed E-state index contributed by atoms with van der Waals surface area (Å²) < 4.78 is 4.80. The molecule has 0 saturated heterocycles. The molecule has 108 valence electrons. The molecule has 5 nitrogen and oxygen atoms in total. The predicted octanol–water partition coefficient (Wildman–Crippen LogP) is 1.04. The van der Waals surface area contributed by atoms with Crippen LogP contribution in [0, 0.1) is 17.8 Å². The summed E-state index contributed by atoms with van der Waals surface area (Å²) in [5.41, 5.74) is 0.966. The monoisotopic (exact) mass is 270 g/mol. The van der Waals surface area contributed by atoms with Crippen LogP contribution in [0.1, 0.15) is 33.1 Å². The maximum absolute atomic E-state index is 12.0. The number of aldehydes is 1. The molecular formula is C14H22O5. The van der Waals surface area contributed by atoms with E-state index in [9.17, 15) is 14.7 Å². The molecule has 0 spiro atoms. The average Bonchev–Trinajstić information content (AvgIpc) is 2.36. The third-order valence-electron chi connectivity index (χ3n) is 3.76. The lowest BCUT2D eigenvalue weighted by Crippen LogP contribution is -2.35. The fraction of sp³-hybridized carbons (Fsp3) is 0.714. The molecule has 0 aromatic rings. The first kappa shape index (κ1) is 16.0. The van der Waals surface area contributed by atoms with Crippen LogP contribution in [0.2, 0.25) is 0 Å². The molecule has 0 aliphatic heterocycles. The molecule has 0 aromatic carbocycles. The highest BCUT2D eigenvalue weighted by Gasteiger charge is 2.35. The summed E-state index contributed by atoms with van der Waals surface area (Å²) >= 11 is 0. The minimum atomic E-state index is -1.10. The van der Waals surface area contributed by atoms with Gasteiger partial charge < -0.3 is 19.7 Å². The molecule has 5 heteroatoms. The number of ketones is 1. The van der Waals surface area contributed by atoms with Gasteiger partial charge in [-0.3, -0.25) is 4.79 Å². The Balaban J connectivity index is 2.75. The lowest BCUT2D eigenvalue weighted by molar-refractivity contribution is -0.175. The van der Waals surface area contributed by atoms with Gasteiger partial charge >= 0.3 is 0 Å². The van der Waals surface area contributed by atoms with Crippen molar-refractivity contribution in [2.45, 2.75) is 39.4 Å². The van der Waals surface area contributed by atoms with Gasteiger partial charge in [-0.15, -0.1) is 0 Å². The Labute approximate surface area is 113 Å². The van der Waals surface area contributed by atoms with Crippen molar-refractivity contribution in [3.63, 3.8) is 0 Å². The van der Waals surface area contributed by atoms with E-state index in [1.165, 1.54) is 0 Å². The molecule has 0 saturated carbocycles. The molecule has 4 unspecified atom stereocenters. The van der Waals surface area contributed by atoms with Crippen molar-refractivity contribution in [3.8, 4) is 0 Å². The first-order chi connectivity index (χ1) is 9.01. The lowest BCUT2D eigenvalue weighted by atomic mass is 9.73. The predicted molar refractivity (Wildman–Crippen MR) is 69.0 cm³/mol. The van der Waals surface area contributed by atoms with Crippen molar-refractivity contribution in [1.82, 2.24) is 0 Å². The van der Waals surface area contributed by atoms with Gasteiger partial charge in [-0.05, 0) is 19.3 Å². The number of aliphatic hydroxyl groups is 2. The van der Waals surface area contributed by atoms with Crippen molar-refractivity contribution in [3.05, 3.63) is 11.6 Å². The van der Waals surface area contributed by atoms with E-state index in [1.807, 2.05) is 19.9 Å². The number of aliphatic hydroxyl groups excluding tert-OH is 2. The highest BCUT2D eigenvalue weighted by molar-refractivity contribution is 5.83. The molecule has 1 rings (SSSR count). The Morgan fingerprint density at radius 3 is 2.89 bits per heavy atom. The van der Waals surface area contributed by atoms with E-state index in [4.69, 9.17) is 9.84 Å². The van der Waals surface area contributed by atoms with E-state index in [1.54, 1.807) is 0 Å². The fourth-order valence-electron chi connectivity index (χ4n) is 2.67. The molecule has 2 N–H and O–H groups in total. The maximum atomic E-state index is 12.0. The van der Waals surface area contributed by atoms with Gasteiger partial charge in [-0.2, -0.15) is 0 Å². The summed E-state index contributed by atoms with van der Waals surface area (Å²) in [4.78, 5) is 22.4. The highest BCUT2D eigenvalue weighted by atomic mass is 16.7. The summed E-state index contributed by atoms with van der Waals surface area (Å²) in [6.07, 6.45) is 2.58. The lowest BCUT2D eigenvalue weighted by Gasteiger charge is -2.34. The van der Waals surface area contributed by atoms with Crippen LogP contribution in [-0.2, 0) is 14.3 Å². The van der Waals surface area contributed by atoms with Gasteiger partial charge in [0.1, 0.15) is 18.9 Å². The molecule has 0 radical (unpaired) electrons. The number of hydrogen-bond acceptors (Lipinski definition) is 5. The Hall–Kier alpha value is -1.04. The molecular weight excluding hydrogens is 248 g/mol. The molecule has 4 atom stereocenters. The van der Waals surface area contributed by atoms with Gasteiger partial charge in [-0.25, -0.2) is 0 Å². The molecule has 1 aliphatic rings. The third-order valence-corrected chi connectivity index (χ3v) is 3.76. The van der Waals surface area contributed by atoms with Gasteiger partial charge in [0.05, 0.1) is 0 Å². The smallest absolute Gasteiger partial charge is 0.163 e. The topological polar surface area (TPSA) is 83.8 Å². The van der Waals surface area contributed by atoms with Crippen molar-refractivity contribution in [1.29, 1.82) is 0 Å².